The van der Waals surface area contributed by atoms with Crippen LogP contribution in [-0.4, -0.2) is 7.05 Å². The molecule has 4 rings (SSSR count). The molecule has 0 saturated carbocycles. The standard InChI is InChI=1S/C18H19N/c1-11-8-9-16-15(10-11)17-12(2)13-6-4-5-7-14(13)18(17)19(16)3/h4-10,12,17-18H,1-3H3. The molecule has 19 heavy (non-hydrogen) atoms. The fourth-order valence-corrected chi connectivity index (χ4v) is 4.16. The van der Waals surface area contributed by atoms with Crippen molar-refractivity contribution in [3.05, 3.63) is 64.7 Å². The highest BCUT2D eigenvalue weighted by molar-refractivity contribution is 5.67. The molecule has 1 heteroatoms. The molecular formula is C18H19N. The van der Waals surface area contributed by atoms with E-state index in [2.05, 4.69) is 68.3 Å². The van der Waals surface area contributed by atoms with Crippen molar-refractivity contribution in [3.63, 3.8) is 0 Å². The van der Waals surface area contributed by atoms with Gasteiger partial charge in [0, 0.05) is 18.7 Å². The van der Waals surface area contributed by atoms with E-state index in [-0.39, 0.29) is 0 Å². The van der Waals surface area contributed by atoms with E-state index in [4.69, 9.17) is 0 Å². The monoisotopic (exact) mass is 249 g/mol. The maximum atomic E-state index is 2.47. The molecule has 1 aliphatic carbocycles. The van der Waals surface area contributed by atoms with Crippen molar-refractivity contribution >= 4 is 5.69 Å². The first-order chi connectivity index (χ1) is 9.18. The number of fused-ring (bicyclic) bond motifs is 5. The van der Waals surface area contributed by atoms with E-state index in [9.17, 15) is 0 Å². The highest BCUT2D eigenvalue weighted by Gasteiger charge is 2.46. The van der Waals surface area contributed by atoms with Gasteiger partial charge in [0.15, 0.2) is 0 Å². The second-order valence-electron chi connectivity index (χ2n) is 6.06. The molecule has 2 aromatic rings. The van der Waals surface area contributed by atoms with Crippen molar-refractivity contribution in [2.45, 2.75) is 31.7 Å². The minimum Gasteiger partial charge on any atom is -0.367 e. The van der Waals surface area contributed by atoms with Crippen molar-refractivity contribution in [3.8, 4) is 0 Å². The molecule has 0 N–H and O–H groups in total. The van der Waals surface area contributed by atoms with Crippen molar-refractivity contribution in [2.24, 2.45) is 0 Å². The number of hydrogen-bond donors (Lipinski definition) is 0. The van der Waals surface area contributed by atoms with E-state index in [0.717, 1.165) is 0 Å². The Hall–Kier alpha value is -1.76. The molecule has 2 aliphatic rings. The third-order valence-electron chi connectivity index (χ3n) is 5.02. The molecule has 0 bridgehead atoms. The van der Waals surface area contributed by atoms with Gasteiger partial charge in [-0.2, -0.15) is 0 Å². The molecule has 96 valence electrons. The van der Waals surface area contributed by atoms with Gasteiger partial charge in [-0.25, -0.2) is 0 Å². The number of rotatable bonds is 0. The molecule has 1 nitrogen and oxygen atoms in total. The second kappa shape index (κ2) is 3.63. The van der Waals surface area contributed by atoms with E-state index in [0.29, 0.717) is 17.9 Å². The third kappa shape index (κ3) is 1.30. The highest BCUT2D eigenvalue weighted by atomic mass is 15.2. The fraction of sp³-hybridized carbons (Fsp3) is 0.333. The van der Waals surface area contributed by atoms with E-state index in [1.54, 1.807) is 0 Å². The predicted octanol–water partition coefficient (Wildman–Crippen LogP) is 4.39. The van der Waals surface area contributed by atoms with Crippen molar-refractivity contribution in [2.75, 3.05) is 11.9 Å². The van der Waals surface area contributed by atoms with Crippen LogP contribution in [0.1, 0.15) is 47.1 Å². The van der Waals surface area contributed by atoms with E-state index in [1.165, 1.54) is 27.9 Å². The molecule has 0 saturated heterocycles. The van der Waals surface area contributed by atoms with E-state index < -0.39 is 0 Å². The summed E-state index contributed by atoms with van der Waals surface area (Å²) in [4.78, 5) is 2.47. The van der Waals surface area contributed by atoms with Gasteiger partial charge in [-0.3, -0.25) is 0 Å². The third-order valence-corrected chi connectivity index (χ3v) is 5.02. The summed E-state index contributed by atoms with van der Waals surface area (Å²) in [6.45, 7) is 4.58. The lowest BCUT2D eigenvalue weighted by molar-refractivity contribution is 0.553. The van der Waals surface area contributed by atoms with Gasteiger partial charge in [0.2, 0.25) is 0 Å². The Morgan fingerprint density at radius 2 is 1.68 bits per heavy atom. The highest BCUT2D eigenvalue weighted by Crippen LogP contribution is 2.59. The molecule has 0 fully saturated rings. The SMILES string of the molecule is Cc1ccc2c(c1)C1C(C)c3ccccc3C1N2C. The first-order valence-corrected chi connectivity index (χ1v) is 7.10. The van der Waals surface area contributed by atoms with Crippen molar-refractivity contribution in [1.82, 2.24) is 0 Å². The van der Waals surface area contributed by atoms with Crippen LogP contribution in [0.2, 0.25) is 0 Å². The Balaban J connectivity index is 1.94. The van der Waals surface area contributed by atoms with Crippen LogP contribution in [0.4, 0.5) is 5.69 Å². The molecular weight excluding hydrogens is 230 g/mol. The molecule has 0 aromatic heterocycles. The molecule has 0 amide bonds. The van der Waals surface area contributed by atoms with Gasteiger partial charge < -0.3 is 4.90 Å². The number of anilines is 1. The Labute approximate surface area is 114 Å². The number of benzene rings is 2. The fourth-order valence-electron chi connectivity index (χ4n) is 4.16. The van der Waals surface area contributed by atoms with E-state index >= 15 is 0 Å². The van der Waals surface area contributed by atoms with Gasteiger partial charge in [-0.05, 0) is 35.6 Å². The zero-order valence-corrected chi connectivity index (χ0v) is 11.7. The molecule has 0 radical (unpaired) electrons. The van der Waals surface area contributed by atoms with Gasteiger partial charge in [-0.15, -0.1) is 0 Å². The van der Waals surface area contributed by atoms with Crippen LogP contribution in [0.3, 0.4) is 0 Å². The number of hydrogen-bond acceptors (Lipinski definition) is 1. The smallest absolute Gasteiger partial charge is 0.0617 e. The lowest BCUT2D eigenvalue weighted by Crippen LogP contribution is -2.19. The number of nitrogens with zero attached hydrogens (tertiary/aromatic N) is 1. The quantitative estimate of drug-likeness (QED) is 0.669. The Morgan fingerprint density at radius 1 is 0.947 bits per heavy atom. The van der Waals surface area contributed by atoms with Gasteiger partial charge in [0.1, 0.15) is 0 Å². The lowest BCUT2D eigenvalue weighted by atomic mass is 9.87. The Bertz CT molecular complexity index is 658. The van der Waals surface area contributed by atoms with Crippen molar-refractivity contribution < 1.29 is 0 Å². The maximum absolute atomic E-state index is 2.47. The maximum Gasteiger partial charge on any atom is 0.0617 e. The minimum atomic E-state index is 0.531. The Kier molecular flexibility index (Phi) is 2.12. The van der Waals surface area contributed by atoms with Crippen LogP contribution in [0, 0.1) is 6.92 Å². The summed E-state index contributed by atoms with van der Waals surface area (Å²) in [5.41, 5.74) is 7.39. The first kappa shape index (κ1) is 11.1. The largest absolute Gasteiger partial charge is 0.367 e. The Morgan fingerprint density at radius 3 is 2.47 bits per heavy atom. The molecule has 3 atom stereocenters. The summed E-state index contributed by atoms with van der Waals surface area (Å²) in [5, 5.41) is 0. The van der Waals surface area contributed by atoms with Crippen LogP contribution >= 0.6 is 0 Å². The normalized spacial score (nSPS) is 27.1. The summed E-state index contributed by atoms with van der Waals surface area (Å²) < 4.78 is 0. The zero-order chi connectivity index (χ0) is 13.1. The summed E-state index contributed by atoms with van der Waals surface area (Å²) in [6, 6.07) is 16.4. The summed E-state index contributed by atoms with van der Waals surface area (Å²) >= 11 is 0. The lowest BCUT2D eigenvalue weighted by Gasteiger charge is -2.23. The number of likely N-dealkylation sites (N-methyl/N-ethyl adjacent to an activating group) is 1. The van der Waals surface area contributed by atoms with Crippen LogP contribution < -0.4 is 4.90 Å². The predicted molar refractivity (Wildman–Crippen MR) is 79.9 cm³/mol. The van der Waals surface area contributed by atoms with Gasteiger partial charge in [0.25, 0.3) is 0 Å². The average Bonchev–Trinajstić information content (AvgIpc) is 2.86. The van der Waals surface area contributed by atoms with Crippen LogP contribution in [0.25, 0.3) is 0 Å². The topological polar surface area (TPSA) is 3.24 Å². The van der Waals surface area contributed by atoms with Gasteiger partial charge in [-0.1, -0.05) is 48.9 Å². The number of aryl methyl sites for hydroxylation is 1. The molecule has 2 aromatic carbocycles. The van der Waals surface area contributed by atoms with Crippen molar-refractivity contribution in [1.29, 1.82) is 0 Å². The first-order valence-electron chi connectivity index (χ1n) is 7.10. The average molecular weight is 249 g/mol. The summed E-state index contributed by atoms with van der Waals surface area (Å²) in [7, 11) is 2.24. The van der Waals surface area contributed by atoms with Crippen LogP contribution in [0.15, 0.2) is 42.5 Å². The zero-order valence-electron chi connectivity index (χ0n) is 11.7. The van der Waals surface area contributed by atoms with Crippen LogP contribution in [-0.2, 0) is 0 Å². The van der Waals surface area contributed by atoms with Gasteiger partial charge in [0.05, 0.1) is 6.04 Å². The van der Waals surface area contributed by atoms with Crippen LogP contribution in [0.5, 0.6) is 0 Å². The molecule has 0 spiro atoms. The molecule has 1 aliphatic heterocycles. The molecule has 3 unspecified atom stereocenters. The second-order valence-corrected chi connectivity index (χ2v) is 6.06. The minimum absolute atomic E-state index is 0.531. The molecule has 1 heterocycles. The van der Waals surface area contributed by atoms with E-state index in [1.807, 2.05) is 0 Å². The van der Waals surface area contributed by atoms with Gasteiger partial charge >= 0.3 is 0 Å². The summed E-state index contributed by atoms with van der Waals surface area (Å²) in [5.74, 6) is 1.24. The summed E-state index contributed by atoms with van der Waals surface area (Å²) in [6.07, 6.45) is 0.